The molecule has 7 heteroatoms. The first-order chi connectivity index (χ1) is 12.9. The average molecular weight is 433 g/mol. The third-order valence-corrected chi connectivity index (χ3v) is 4.96. The molecule has 0 saturated heterocycles. The topological polar surface area (TPSA) is 74.0 Å². The molecule has 142 valence electrons. The Morgan fingerprint density at radius 2 is 2.07 bits per heavy atom. The Bertz CT molecular complexity index is 874. The van der Waals surface area contributed by atoms with E-state index in [0.29, 0.717) is 6.54 Å². The molecule has 1 aliphatic rings. The number of rotatable bonds is 7. The number of aliphatic hydroxyl groups is 1. The summed E-state index contributed by atoms with van der Waals surface area (Å²) < 4.78 is 6.04. The number of aliphatic hydroxyl groups excluding tert-OH is 1. The normalized spacial score (nSPS) is 17.3. The van der Waals surface area contributed by atoms with E-state index in [-0.39, 0.29) is 11.3 Å². The van der Waals surface area contributed by atoms with Gasteiger partial charge in [-0.05, 0) is 56.9 Å². The Morgan fingerprint density at radius 3 is 2.70 bits per heavy atom. The number of Topliss-reactive ketones (excluding diaryl/α,β-unsaturated/α-hetero) is 1. The van der Waals surface area contributed by atoms with E-state index in [0.717, 1.165) is 23.0 Å². The quantitative estimate of drug-likeness (QED) is 0.676. The van der Waals surface area contributed by atoms with E-state index in [1.807, 2.05) is 43.3 Å². The molecule has 1 atom stereocenters. The van der Waals surface area contributed by atoms with E-state index >= 15 is 0 Å². The minimum atomic E-state index is -0.658. The lowest BCUT2D eigenvalue weighted by Crippen LogP contribution is -2.33. The van der Waals surface area contributed by atoms with Crippen LogP contribution in [0, 0.1) is 0 Å². The molecular weight excluding hydrogens is 412 g/mol. The first-order valence-electron chi connectivity index (χ1n) is 8.62. The summed E-state index contributed by atoms with van der Waals surface area (Å²) in [5.74, 6) is -1.43. The molecule has 0 bridgehead atoms. The Balaban J connectivity index is 2.00. The fourth-order valence-corrected chi connectivity index (χ4v) is 3.65. The molecule has 0 fully saturated rings. The number of halogens is 1. The summed E-state index contributed by atoms with van der Waals surface area (Å²) in [6, 6.07) is 9.88. The van der Waals surface area contributed by atoms with Crippen molar-refractivity contribution in [1.29, 1.82) is 0 Å². The number of amides is 1. The summed E-state index contributed by atoms with van der Waals surface area (Å²) in [6.45, 7) is 1.21. The van der Waals surface area contributed by atoms with E-state index in [4.69, 9.17) is 4.42 Å². The number of hydrogen-bond acceptors (Lipinski definition) is 5. The highest BCUT2D eigenvalue weighted by Crippen LogP contribution is 2.39. The van der Waals surface area contributed by atoms with Crippen LogP contribution in [0.5, 0.6) is 0 Å². The fourth-order valence-electron chi connectivity index (χ4n) is 3.24. The van der Waals surface area contributed by atoms with Crippen molar-refractivity contribution in [3.05, 3.63) is 69.8 Å². The monoisotopic (exact) mass is 432 g/mol. The molecule has 2 heterocycles. The van der Waals surface area contributed by atoms with Gasteiger partial charge in [-0.2, -0.15) is 0 Å². The second kappa shape index (κ2) is 8.10. The van der Waals surface area contributed by atoms with Crippen molar-refractivity contribution in [1.82, 2.24) is 9.80 Å². The van der Waals surface area contributed by atoms with Gasteiger partial charge in [0.1, 0.15) is 0 Å². The lowest BCUT2D eigenvalue weighted by molar-refractivity contribution is -0.129. The summed E-state index contributed by atoms with van der Waals surface area (Å²) in [5.41, 5.74) is 0.805. The number of carbonyl (C=O) groups excluding carboxylic acids is 2. The van der Waals surface area contributed by atoms with Gasteiger partial charge >= 0.3 is 0 Å². The molecular formula is C20H21BrN2O4. The van der Waals surface area contributed by atoms with Crippen LogP contribution in [0.25, 0.3) is 0 Å². The Morgan fingerprint density at radius 1 is 1.30 bits per heavy atom. The van der Waals surface area contributed by atoms with Gasteiger partial charge < -0.3 is 19.3 Å². The van der Waals surface area contributed by atoms with Crippen molar-refractivity contribution in [2.45, 2.75) is 12.5 Å². The van der Waals surface area contributed by atoms with E-state index < -0.39 is 23.5 Å². The smallest absolute Gasteiger partial charge is 0.290 e. The number of furan rings is 1. The van der Waals surface area contributed by atoms with Crippen LogP contribution in [0.4, 0.5) is 0 Å². The minimum Gasteiger partial charge on any atom is -0.503 e. The molecule has 6 nitrogen and oxygen atoms in total. The van der Waals surface area contributed by atoms with Crippen molar-refractivity contribution >= 4 is 27.6 Å². The van der Waals surface area contributed by atoms with Crippen LogP contribution in [0.2, 0.25) is 0 Å². The van der Waals surface area contributed by atoms with Gasteiger partial charge in [0.15, 0.2) is 11.5 Å². The second-order valence-electron chi connectivity index (χ2n) is 6.68. The van der Waals surface area contributed by atoms with Crippen LogP contribution in [-0.2, 0) is 4.79 Å². The van der Waals surface area contributed by atoms with Crippen molar-refractivity contribution in [2.75, 3.05) is 27.2 Å². The van der Waals surface area contributed by atoms with Crippen molar-refractivity contribution in [2.24, 2.45) is 0 Å². The van der Waals surface area contributed by atoms with Gasteiger partial charge in [0, 0.05) is 11.0 Å². The Hall–Kier alpha value is -2.38. The van der Waals surface area contributed by atoms with Gasteiger partial charge in [-0.1, -0.05) is 28.1 Å². The SMILES string of the molecule is CN(C)CCCN1C(=O)C(O)=C(C(=O)c2ccco2)C1c1cccc(Br)c1. The minimum absolute atomic E-state index is 0.0536. The van der Waals surface area contributed by atoms with E-state index in [1.54, 1.807) is 11.0 Å². The molecule has 1 amide bonds. The van der Waals surface area contributed by atoms with Gasteiger partial charge in [-0.25, -0.2) is 0 Å². The maximum absolute atomic E-state index is 12.9. The molecule has 2 aromatic rings. The summed E-state index contributed by atoms with van der Waals surface area (Å²) in [6.07, 6.45) is 2.11. The summed E-state index contributed by atoms with van der Waals surface area (Å²) in [4.78, 5) is 29.3. The number of nitrogens with zero attached hydrogens (tertiary/aromatic N) is 2. The summed E-state index contributed by atoms with van der Waals surface area (Å²) in [7, 11) is 3.92. The number of benzene rings is 1. The van der Waals surface area contributed by atoms with Crippen molar-refractivity contribution in [3.63, 3.8) is 0 Å². The fraction of sp³-hybridized carbons (Fsp3) is 0.300. The molecule has 27 heavy (non-hydrogen) atoms. The molecule has 1 aromatic carbocycles. The maximum Gasteiger partial charge on any atom is 0.290 e. The van der Waals surface area contributed by atoms with Gasteiger partial charge in [0.2, 0.25) is 5.78 Å². The molecule has 0 radical (unpaired) electrons. The van der Waals surface area contributed by atoms with Gasteiger partial charge in [-0.3, -0.25) is 9.59 Å². The molecule has 1 aliphatic heterocycles. The lowest BCUT2D eigenvalue weighted by atomic mass is 9.95. The zero-order valence-electron chi connectivity index (χ0n) is 15.2. The number of hydrogen-bond donors (Lipinski definition) is 1. The van der Waals surface area contributed by atoms with Crippen LogP contribution < -0.4 is 0 Å². The van der Waals surface area contributed by atoms with Gasteiger partial charge in [0.05, 0.1) is 17.9 Å². The third-order valence-electron chi connectivity index (χ3n) is 4.46. The predicted molar refractivity (Wildman–Crippen MR) is 104 cm³/mol. The largest absolute Gasteiger partial charge is 0.503 e. The first-order valence-corrected chi connectivity index (χ1v) is 9.42. The van der Waals surface area contributed by atoms with Crippen molar-refractivity contribution in [3.8, 4) is 0 Å². The highest BCUT2D eigenvalue weighted by Gasteiger charge is 2.44. The standard InChI is InChI=1S/C20H21BrN2O4/c1-22(2)9-5-10-23-17(13-6-3-7-14(21)12-13)16(19(25)20(23)26)18(24)15-8-4-11-27-15/h3-4,6-8,11-12,17,25H,5,9-10H2,1-2H3. The molecule has 1 aromatic heterocycles. The molecule has 0 spiro atoms. The zero-order chi connectivity index (χ0) is 19.6. The zero-order valence-corrected chi connectivity index (χ0v) is 16.8. The highest BCUT2D eigenvalue weighted by atomic mass is 79.9. The van der Waals surface area contributed by atoms with E-state index in [1.165, 1.54) is 12.3 Å². The lowest BCUT2D eigenvalue weighted by Gasteiger charge is -2.27. The van der Waals surface area contributed by atoms with Crippen LogP contribution >= 0.6 is 15.9 Å². The maximum atomic E-state index is 12.9. The first kappa shape index (κ1) is 19.4. The van der Waals surface area contributed by atoms with E-state index in [9.17, 15) is 14.7 Å². The van der Waals surface area contributed by atoms with Crippen LogP contribution in [0.15, 0.2) is 62.9 Å². The molecule has 3 rings (SSSR count). The summed E-state index contributed by atoms with van der Waals surface area (Å²) >= 11 is 3.43. The number of carbonyl (C=O) groups is 2. The number of ketones is 1. The third kappa shape index (κ3) is 3.99. The van der Waals surface area contributed by atoms with E-state index in [2.05, 4.69) is 15.9 Å². The molecule has 0 aliphatic carbocycles. The second-order valence-corrected chi connectivity index (χ2v) is 7.60. The molecule has 1 N–H and O–H groups in total. The molecule has 0 saturated carbocycles. The Kier molecular flexibility index (Phi) is 5.82. The van der Waals surface area contributed by atoms with Gasteiger partial charge in [0.25, 0.3) is 5.91 Å². The summed E-state index contributed by atoms with van der Waals surface area (Å²) in [5, 5.41) is 10.5. The van der Waals surface area contributed by atoms with Crippen LogP contribution in [0.3, 0.4) is 0 Å². The molecule has 1 unspecified atom stereocenters. The van der Waals surface area contributed by atoms with Crippen LogP contribution in [-0.4, -0.2) is 53.8 Å². The Labute approximate surface area is 166 Å². The van der Waals surface area contributed by atoms with Crippen LogP contribution in [0.1, 0.15) is 28.6 Å². The van der Waals surface area contributed by atoms with Gasteiger partial charge in [-0.15, -0.1) is 0 Å². The predicted octanol–water partition coefficient (Wildman–Crippen LogP) is 3.57. The highest BCUT2D eigenvalue weighted by molar-refractivity contribution is 9.10. The average Bonchev–Trinajstić information content (AvgIpc) is 3.24. The van der Waals surface area contributed by atoms with Crippen molar-refractivity contribution < 1.29 is 19.1 Å².